The maximum Gasteiger partial charge on any atom is 0.283 e. The van der Waals surface area contributed by atoms with Gasteiger partial charge in [-0.15, -0.1) is 0 Å². The van der Waals surface area contributed by atoms with Crippen molar-refractivity contribution in [2.75, 3.05) is 0 Å². The normalized spacial score (nSPS) is 12.8. The van der Waals surface area contributed by atoms with E-state index in [2.05, 4.69) is 50.3 Å². The first kappa shape index (κ1) is 19.1. The van der Waals surface area contributed by atoms with Gasteiger partial charge >= 0.3 is 0 Å². The molecule has 0 fully saturated rings. The largest absolute Gasteiger partial charge is 0.283 e. The molecular weight excluding hydrogens is 354 g/mol. The number of nitro benzene ring substituents is 1. The van der Waals surface area contributed by atoms with Crippen molar-refractivity contribution >= 4 is 40.5 Å². The van der Waals surface area contributed by atoms with Gasteiger partial charge in [-0.25, -0.2) is 0 Å². The summed E-state index contributed by atoms with van der Waals surface area (Å²) in [6.07, 6.45) is 2.25. The molecule has 0 amide bonds. The van der Waals surface area contributed by atoms with E-state index in [0.29, 0.717) is 4.87 Å². The minimum atomic E-state index is -1.66. The Morgan fingerprint density at radius 2 is 1.71 bits per heavy atom. The van der Waals surface area contributed by atoms with Crippen molar-refractivity contribution in [3.05, 3.63) is 64.7 Å². The molecule has 2 aromatic rings. The van der Waals surface area contributed by atoms with Crippen molar-refractivity contribution in [1.29, 1.82) is 0 Å². The maximum atomic E-state index is 11.2. The Hall–Kier alpha value is -1.24. The average Bonchev–Trinajstić information content (AvgIpc) is 2.59. The van der Waals surface area contributed by atoms with Crippen LogP contribution in [0, 0.1) is 10.1 Å². The quantitative estimate of drug-likeness (QED) is 0.258. The van der Waals surface area contributed by atoms with Crippen LogP contribution in [0.2, 0.25) is 13.1 Å². The molecule has 3 nitrogen and oxygen atoms in total. The van der Waals surface area contributed by atoms with E-state index < -0.39 is 8.07 Å². The fourth-order valence-corrected chi connectivity index (χ4v) is 11.3. The molecule has 0 saturated heterocycles. The summed E-state index contributed by atoms with van der Waals surface area (Å²) in [5, 5.41) is 12.6. The summed E-state index contributed by atoms with van der Waals surface area (Å²) in [6.45, 7) is 7.00. The van der Waals surface area contributed by atoms with E-state index in [4.69, 9.17) is 0 Å². The van der Waals surface area contributed by atoms with Gasteiger partial charge < -0.3 is 0 Å². The lowest BCUT2D eigenvalue weighted by Gasteiger charge is -2.32. The lowest BCUT2D eigenvalue weighted by atomic mass is 10.3. The molecule has 0 saturated carbocycles. The molecule has 0 heterocycles. The van der Waals surface area contributed by atoms with E-state index in [1.54, 1.807) is 33.7 Å². The third-order valence-electron chi connectivity index (χ3n) is 4.19. The second-order valence-electron chi connectivity index (χ2n) is 6.27. The Morgan fingerprint density at radius 1 is 1.08 bits per heavy atom. The summed E-state index contributed by atoms with van der Waals surface area (Å²) in [7, 11) is 1.71. The summed E-state index contributed by atoms with van der Waals surface area (Å²) in [4.78, 5) is 12.2. The van der Waals surface area contributed by atoms with Crippen LogP contribution in [0.5, 0.6) is 0 Å². The van der Waals surface area contributed by atoms with Gasteiger partial charge in [0.2, 0.25) is 0 Å². The molecule has 128 valence electrons. The summed E-state index contributed by atoms with van der Waals surface area (Å²) in [6, 6.07) is 17.7. The van der Waals surface area contributed by atoms with Gasteiger partial charge in [0.15, 0.2) is 0 Å². The standard InChI is InChI=1S/C18H23NO2S2Si/c1-4-10-18(24(2,3)15-11-6-5-7-12-15)23-22-17-14-9-8-13-16(17)19(20)21/h5-9,11-14,18H,4,10H2,1-3H3. The number of nitrogens with zero attached hydrogens (tertiary/aromatic N) is 1. The number of hydrogen-bond donors (Lipinski definition) is 0. The molecule has 0 aliphatic carbocycles. The van der Waals surface area contributed by atoms with Gasteiger partial charge in [-0.1, -0.05) is 95.7 Å². The monoisotopic (exact) mass is 377 g/mol. The Labute approximate surface area is 152 Å². The summed E-state index contributed by atoms with van der Waals surface area (Å²) in [5.74, 6) is 0. The molecule has 0 N–H and O–H groups in total. The van der Waals surface area contributed by atoms with Crippen molar-refractivity contribution in [2.45, 2.75) is 42.6 Å². The Balaban J connectivity index is 2.19. The molecule has 0 radical (unpaired) electrons. The van der Waals surface area contributed by atoms with E-state index in [-0.39, 0.29) is 10.6 Å². The van der Waals surface area contributed by atoms with Crippen LogP contribution in [0.15, 0.2) is 59.5 Å². The second-order valence-corrected chi connectivity index (χ2v) is 13.9. The highest BCUT2D eigenvalue weighted by atomic mass is 33.1. The van der Waals surface area contributed by atoms with E-state index in [1.165, 1.54) is 5.19 Å². The zero-order chi connectivity index (χ0) is 17.6. The van der Waals surface area contributed by atoms with Crippen molar-refractivity contribution < 1.29 is 4.92 Å². The SMILES string of the molecule is CCCC(SSc1ccccc1[N+](=O)[O-])[Si](C)(C)c1ccccc1. The topological polar surface area (TPSA) is 43.1 Å². The second kappa shape index (κ2) is 8.74. The lowest BCUT2D eigenvalue weighted by molar-refractivity contribution is -0.387. The molecule has 0 aliphatic heterocycles. The molecule has 0 bridgehead atoms. The molecule has 0 spiro atoms. The number of benzene rings is 2. The third kappa shape index (κ3) is 4.65. The fourth-order valence-electron chi connectivity index (χ4n) is 2.63. The van der Waals surface area contributed by atoms with Crippen molar-refractivity contribution in [3.63, 3.8) is 0 Å². The number of nitro groups is 1. The Kier molecular flexibility index (Phi) is 6.95. The Bertz CT molecular complexity index is 680. The van der Waals surface area contributed by atoms with Crippen LogP contribution in [0.1, 0.15) is 19.8 Å². The first-order valence-electron chi connectivity index (χ1n) is 8.09. The molecule has 1 atom stereocenters. The number of para-hydroxylation sites is 1. The van der Waals surface area contributed by atoms with Gasteiger partial charge in [-0.2, -0.15) is 0 Å². The third-order valence-corrected chi connectivity index (χ3v) is 13.2. The van der Waals surface area contributed by atoms with Gasteiger partial charge in [0, 0.05) is 10.9 Å². The van der Waals surface area contributed by atoms with Crippen LogP contribution in [0.25, 0.3) is 0 Å². The van der Waals surface area contributed by atoms with Crippen LogP contribution in [-0.4, -0.2) is 17.9 Å². The molecule has 0 aliphatic rings. The van der Waals surface area contributed by atoms with E-state index in [1.807, 2.05) is 12.1 Å². The smallest absolute Gasteiger partial charge is 0.258 e. The first-order chi connectivity index (χ1) is 11.5. The zero-order valence-corrected chi connectivity index (χ0v) is 16.9. The fraction of sp³-hybridized carbons (Fsp3) is 0.333. The van der Waals surface area contributed by atoms with Crippen LogP contribution in [0.4, 0.5) is 5.69 Å². The van der Waals surface area contributed by atoms with Gasteiger partial charge in [0.1, 0.15) is 0 Å². The molecule has 24 heavy (non-hydrogen) atoms. The lowest BCUT2D eigenvalue weighted by Crippen LogP contribution is -2.50. The van der Waals surface area contributed by atoms with Gasteiger partial charge in [-0.05, 0) is 12.5 Å². The van der Waals surface area contributed by atoms with E-state index in [9.17, 15) is 10.1 Å². The average molecular weight is 378 g/mol. The molecule has 2 rings (SSSR count). The molecular formula is C18H23NO2S2Si. The Morgan fingerprint density at radius 3 is 2.33 bits per heavy atom. The van der Waals surface area contributed by atoms with Crippen molar-refractivity contribution in [1.82, 2.24) is 0 Å². The highest BCUT2D eigenvalue weighted by Gasteiger charge is 2.34. The molecule has 0 aromatic heterocycles. The zero-order valence-electron chi connectivity index (χ0n) is 14.3. The van der Waals surface area contributed by atoms with E-state index >= 15 is 0 Å². The van der Waals surface area contributed by atoms with E-state index in [0.717, 1.165) is 17.7 Å². The predicted octanol–water partition coefficient (Wildman–Crippen LogP) is 5.66. The van der Waals surface area contributed by atoms with Crippen LogP contribution >= 0.6 is 21.6 Å². The summed E-state index contributed by atoms with van der Waals surface area (Å²) < 4.78 is 0. The molecule has 1 unspecified atom stereocenters. The van der Waals surface area contributed by atoms with Crippen molar-refractivity contribution in [3.8, 4) is 0 Å². The van der Waals surface area contributed by atoms with Crippen LogP contribution in [0.3, 0.4) is 0 Å². The number of hydrogen-bond acceptors (Lipinski definition) is 4. The highest BCUT2D eigenvalue weighted by Crippen LogP contribution is 2.43. The minimum absolute atomic E-state index is 0.199. The first-order valence-corrected chi connectivity index (χ1v) is 13.4. The van der Waals surface area contributed by atoms with Gasteiger partial charge in [0.05, 0.1) is 17.9 Å². The summed E-state index contributed by atoms with van der Waals surface area (Å²) >= 11 is 0. The highest BCUT2D eigenvalue weighted by molar-refractivity contribution is 8.77. The van der Waals surface area contributed by atoms with Crippen LogP contribution < -0.4 is 5.19 Å². The van der Waals surface area contributed by atoms with Gasteiger partial charge in [0.25, 0.3) is 5.69 Å². The number of rotatable bonds is 8. The van der Waals surface area contributed by atoms with Crippen LogP contribution in [-0.2, 0) is 0 Å². The maximum absolute atomic E-state index is 11.2. The van der Waals surface area contributed by atoms with Crippen molar-refractivity contribution in [2.24, 2.45) is 0 Å². The molecule has 6 heteroatoms. The molecule has 2 aromatic carbocycles. The minimum Gasteiger partial charge on any atom is -0.258 e. The van der Waals surface area contributed by atoms with Gasteiger partial charge in [-0.3, -0.25) is 10.1 Å². The summed E-state index contributed by atoms with van der Waals surface area (Å²) in [5.41, 5.74) is 0.199. The predicted molar refractivity (Wildman–Crippen MR) is 109 cm³/mol.